The fourth-order valence-corrected chi connectivity index (χ4v) is 2.43. The van der Waals surface area contributed by atoms with Gasteiger partial charge in [-0.1, -0.05) is 67.6 Å². The topological polar surface area (TPSA) is 44.0 Å². The minimum atomic E-state index is -1.26. The van der Waals surface area contributed by atoms with Gasteiger partial charge in [0.05, 0.1) is 12.0 Å². The summed E-state index contributed by atoms with van der Waals surface area (Å²) in [7, 11) is 0. The number of hydrogen-bond acceptors (Lipinski definition) is 2. The number of nitrogens with zero attached hydrogens (tertiary/aromatic N) is 1. The molecule has 1 unspecified atom stereocenters. The molecule has 2 rings (SSSR count). The van der Waals surface area contributed by atoms with Crippen LogP contribution in [0.4, 0.5) is 0 Å². The lowest BCUT2D eigenvalue weighted by Crippen LogP contribution is -2.35. The number of hydrogen-bond donors (Lipinski definition) is 1. The molecule has 0 bridgehead atoms. The molecule has 0 spiro atoms. The Bertz CT molecular complexity index is 517. The molecule has 0 radical (unpaired) electrons. The number of rotatable bonds is 4. The van der Waals surface area contributed by atoms with Gasteiger partial charge in [-0.3, -0.25) is 0 Å². The summed E-state index contributed by atoms with van der Waals surface area (Å²) in [5.74, 6) is -0.475. The van der Waals surface area contributed by atoms with E-state index >= 15 is 0 Å². The zero-order chi connectivity index (χ0) is 13.7. The van der Waals surface area contributed by atoms with Crippen LogP contribution in [0.1, 0.15) is 24.5 Å². The second-order valence-electron chi connectivity index (χ2n) is 4.59. The van der Waals surface area contributed by atoms with Crippen LogP contribution in [0.5, 0.6) is 0 Å². The average molecular weight is 251 g/mol. The fraction of sp³-hybridized carbons (Fsp3) is 0.235. The van der Waals surface area contributed by atoms with E-state index in [4.69, 9.17) is 0 Å². The first kappa shape index (κ1) is 13.3. The molecule has 0 aromatic heterocycles. The van der Waals surface area contributed by atoms with E-state index in [0.717, 1.165) is 11.1 Å². The van der Waals surface area contributed by atoms with Gasteiger partial charge >= 0.3 is 0 Å². The summed E-state index contributed by atoms with van der Waals surface area (Å²) in [4.78, 5) is 0. The maximum Gasteiger partial charge on any atom is 0.130 e. The maximum atomic E-state index is 11.2. The van der Waals surface area contributed by atoms with Gasteiger partial charge in [-0.2, -0.15) is 5.26 Å². The van der Waals surface area contributed by atoms with Crippen LogP contribution in [0.3, 0.4) is 0 Å². The zero-order valence-electron chi connectivity index (χ0n) is 11.0. The molecular formula is C17H17NO. The summed E-state index contributed by atoms with van der Waals surface area (Å²) >= 11 is 0. The quantitative estimate of drug-likeness (QED) is 0.904. The molecular weight excluding hydrogens is 234 g/mol. The number of benzene rings is 2. The third-order valence-corrected chi connectivity index (χ3v) is 3.50. The molecule has 0 aliphatic carbocycles. The van der Waals surface area contributed by atoms with Gasteiger partial charge in [0.25, 0.3) is 0 Å². The molecule has 0 aliphatic heterocycles. The van der Waals surface area contributed by atoms with Gasteiger partial charge in [0.15, 0.2) is 0 Å². The normalized spacial score (nSPS) is 12.7. The van der Waals surface area contributed by atoms with E-state index in [-0.39, 0.29) is 0 Å². The molecule has 1 atom stereocenters. The summed E-state index contributed by atoms with van der Waals surface area (Å²) in [5, 5.41) is 20.6. The summed E-state index contributed by atoms with van der Waals surface area (Å²) in [6.45, 7) is 1.92. The molecule has 0 saturated carbocycles. The van der Waals surface area contributed by atoms with Crippen molar-refractivity contribution in [1.29, 1.82) is 5.26 Å². The molecule has 2 heteroatoms. The van der Waals surface area contributed by atoms with Crippen LogP contribution in [0.2, 0.25) is 0 Å². The minimum absolute atomic E-state index is 0.475. The first-order chi connectivity index (χ1) is 9.23. The van der Waals surface area contributed by atoms with E-state index in [1.54, 1.807) is 0 Å². The lowest BCUT2D eigenvalue weighted by atomic mass is 9.75. The van der Waals surface area contributed by atoms with Crippen molar-refractivity contribution in [3.8, 4) is 6.07 Å². The van der Waals surface area contributed by atoms with E-state index in [1.807, 2.05) is 67.6 Å². The van der Waals surface area contributed by atoms with Crippen LogP contribution in [0.25, 0.3) is 0 Å². The Balaban J connectivity index is 2.61. The minimum Gasteiger partial charge on any atom is -0.379 e. The van der Waals surface area contributed by atoms with Crippen molar-refractivity contribution in [2.24, 2.45) is 5.92 Å². The van der Waals surface area contributed by atoms with Gasteiger partial charge in [-0.25, -0.2) is 0 Å². The summed E-state index contributed by atoms with van der Waals surface area (Å²) < 4.78 is 0. The number of aliphatic hydroxyl groups is 1. The van der Waals surface area contributed by atoms with Crippen LogP contribution in [0.15, 0.2) is 60.7 Å². The smallest absolute Gasteiger partial charge is 0.130 e. The predicted molar refractivity (Wildman–Crippen MR) is 75.3 cm³/mol. The van der Waals surface area contributed by atoms with Crippen molar-refractivity contribution >= 4 is 0 Å². The van der Waals surface area contributed by atoms with Gasteiger partial charge in [0.2, 0.25) is 0 Å². The van der Waals surface area contributed by atoms with Crippen LogP contribution in [-0.4, -0.2) is 5.11 Å². The third kappa shape index (κ3) is 2.38. The zero-order valence-corrected chi connectivity index (χ0v) is 11.0. The standard InChI is InChI=1S/C17H17NO/c1-2-14(13-18)17(19,15-9-5-3-6-10-15)16-11-7-4-8-12-16/h3-12,14,19H,2H2,1H3. The third-order valence-electron chi connectivity index (χ3n) is 3.50. The highest BCUT2D eigenvalue weighted by molar-refractivity contribution is 5.38. The van der Waals surface area contributed by atoms with Gasteiger partial charge in [-0.15, -0.1) is 0 Å². The lowest BCUT2D eigenvalue weighted by Gasteiger charge is -2.33. The van der Waals surface area contributed by atoms with Gasteiger partial charge in [0.1, 0.15) is 5.60 Å². The summed E-state index contributed by atoms with van der Waals surface area (Å²) in [5.41, 5.74) is 0.260. The Labute approximate surface area is 114 Å². The van der Waals surface area contributed by atoms with E-state index in [2.05, 4.69) is 6.07 Å². The van der Waals surface area contributed by atoms with Crippen LogP contribution in [-0.2, 0) is 5.60 Å². The highest BCUT2D eigenvalue weighted by Crippen LogP contribution is 2.38. The SMILES string of the molecule is CCC(C#N)C(O)(c1ccccc1)c1ccccc1. The van der Waals surface area contributed by atoms with E-state index in [0.29, 0.717) is 6.42 Å². The Hall–Kier alpha value is -2.11. The molecule has 2 nitrogen and oxygen atoms in total. The monoisotopic (exact) mass is 251 g/mol. The van der Waals surface area contributed by atoms with Gasteiger partial charge < -0.3 is 5.11 Å². The highest BCUT2D eigenvalue weighted by atomic mass is 16.3. The Morgan fingerprint density at radius 2 is 1.42 bits per heavy atom. The van der Waals surface area contributed by atoms with Crippen molar-refractivity contribution in [3.63, 3.8) is 0 Å². The Kier molecular flexibility index (Phi) is 3.99. The van der Waals surface area contributed by atoms with Crippen LogP contribution < -0.4 is 0 Å². The van der Waals surface area contributed by atoms with Gasteiger partial charge in [0, 0.05) is 0 Å². The molecule has 2 aromatic rings. The van der Waals surface area contributed by atoms with Crippen LogP contribution >= 0.6 is 0 Å². The average Bonchev–Trinajstić information content (AvgIpc) is 2.50. The van der Waals surface area contributed by atoms with Crippen LogP contribution in [0, 0.1) is 17.2 Å². The molecule has 96 valence electrons. The molecule has 0 saturated heterocycles. The molecule has 0 fully saturated rings. The largest absolute Gasteiger partial charge is 0.379 e. The Morgan fingerprint density at radius 3 is 1.74 bits per heavy atom. The highest BCUT2D eigenvalue weighted by Gasteiger charge is 2.39. The molecule has 0 aliphatic rings. The van der Waals surface area contributed by atoms with Gasteiger partial charge in [-0.05, 0) is 17.5 Å². The van der Waals surface area contributed by atoms with Crippen molar-refractivity contribution < 1.29 is 5.11 Å². The van der Waals surface area contributed by atoms with Crippen molar-refractivity contribution in [3.05, 3.63) is 71.8 Å². The first-order valence-electron chi connectivity index (χ1n) is 6.46. The van der Waals surface area contributed by atoms with Crippen molar-refractivity contribution in [2.75, 3.05) is 0 Å². The first-order valence-corrected chi connectivity index (χ1v) is 6.46. The second-order valence-corrected chi connectivity index (χ2v) is 4.59. The predicted octanol–water partition coefficient (Wildman–Crippen LogP) is 3.47. The molecule has 0 amide bonds. The Morgan fingerprint density at radius 1 is 1.00 bits per heavy atom. The summed E-state index contributed by atoms with van der Waals surface area (Å²) in [6.07, 6.45) is 0.594. The maximum absolute atomic E-state index is 11.2. The van der Waals surface area contributed by atoms with E-state index in [9.17, 15) is 10.4 Å². The lowest BCUT2D eigenvalue weighted by molar-refractivity contribution is 0.0378. The summed E-state index contributed by atoms with van der Waals surface area (Å²) in [6, 6.07) is 21.1. The second kappa shape index (κ2) is 5.69. The number of nitriles is 1. The van der Waals surface area contributed by atoms with E-state index in [1.165, 1.54) is 0 Å². The van der Waals surface area contributed by atoms with Crippen molar-refractivity contribution in [1.82, 2.24) is 0 Å². The van der Waals surface area contributed by atoms with Crippen molar-refractivity contribution in [2.45, 2.75) is 18.9 Å². The molecule has 2 aromatic carbocycles. The molecule has 1 N–H and O–H groups in total. The fourth-order valence-electron chi connectivity index (χ4n) is 2.43. The van der Waals surface area contributed by atoms with E-state index < -0.39 is 11.5 Å². The molecule has 19 heavy (non-hydrogen) atoms. The molecule has 0 heterocycles.